The molecular formula is C52H38N4. The molecule has 0 bridgehead atoms. The van der Waals surface area contributed by atoms with Crippen LogP contribution in [0, 0.1) is 11.3 Å². The second-order valence-electron chi connectivity index (χ2n) is 15.0. The standard InChI is InChI=1S/C52H38N4/c53-34-35-26-27-45-47(30-35)52(28-8-3-9-29-52)46-25-13-24-44(48(45)46)42-22-11-20-40(32-42)38-18-10-19-39(31-38)41-21-12-23-43(33-41)51-55-49(36-14-4-1-5-15-36)54-50(56-51)37-16-6-2-7-17-37/h1-2,4-7,10-27,30-33H,3,8-9,28-29H2. The number of rotatable bonds is 6. The van der Waals surface area contributed by atoms with E-state index in [0.717, 1.165) is 51.8 Å². The molecule has 1 spiro atoms. The van der Waals surface area contributed by atoms with Crippen LogP contribution in [0.2, 0.25) is 0 Å². The van der Waals surface area contributed by atoms with Crippen LogP contribution < -0.4 is 0 Å². The molecule has 56 heavy (non-hydrogen) atoms. The third kappa shape index (κ3) is 5.90. The molecule has 1 aromatic heterocycles. The van der Waals surface area contributed by atoms with Crippen molar-refractivity contribution in [3.63, 3.8) is 0 Å². The average molecular weight is 719 g/mol. The molecule has 0 saturated heterocycles. The third-order valence-electron chi connectivity index (χ3n) is 11.7. The number of fused-ring (bicyclic) bond motifs is 5. The van der Waals surface area contributed by atoms with Gasteiger partial charge in [0.15, 0.2) is 17.5 Å². The molecule has 266 valence electrons. The first-order chi connectivity index (χ1) is 27.7. The van der Waals surface area contributed by atoms with Gasteiger partial charge >= 0.3 is 0 Å². The molecule has 7 aromatic carbocycles. The predicted molar refractivity (Wildman–Crippen MR) is 226 cm³/mol. The number of hydrogen-bond acceptors (Lipinski definition) is 4. The van der Waals surface area contributed by atoms with Gasteiger partial charge in [-0.2, -0.15) is 5.26 Å². The lowest BCUT2D eigenvalue weighted by Gasteiger charge is -2.36. The summed E-state index contributed by atoms with van der Waals surface area (Å²) in [5, 5.41) is 9.84. The van der Waals surface area contributed by atoms with Crippen molar-refractivity contribution >= 4 is 0 Å². The van der Waals surface area contributed by atoms with Crippen molar-refractivity contribution in [3.05, 3.63) is 187 Å². The molecule has 8 aromatic rings. The van der Waals surface area contributed by atoms with E-state index in [1.165, 1.54) is 58.2 Å². The quantitative estimate of drug-likeness (QED) is 0.172. The van der Waals surface area contributed by atoms with Crippen molar-refractivity contribution in [2.24, 2.45) is 0 Å². The van der Waals surface area contributed by atoms with Gasteiger partial charge in [-0.25, -0.2) is 15.0 Å². The van der Waals surface area contributed by atoms with Gasteiger partial charge in [0.25, 0.3) is 0 Å². The van der Waals surface area contributed by atoms with Crippen LogP contribution in [0.1, 0.15) is 48.8 Å². The molecule has 1 heterocycles. The lowest BCUT2D eigenvalue weighted by Crippen LogP contribution is -2.28. The van der Waals surface area contributed by atoms with Crippen molar-refractivity contribution in [3.8, 4) is 84.7 Å². The minimum Gasteiger partial charge on any atom is -0.208 e. The average Bonchev–Trinajstić information content (AvgIpc) is 3.54. The summed E-state index contributed by atoms with van der Waals surface area (Å²) >= 11 is 0. The third-order valence-corrected chi connectivity index (χ3v) is 11.7. The van der Waals surface area contributed by atoms with Crippen LogP contribution in [0.15, 0.2) is 170 Å². The molecular weight excluding hydrogens is 681 g/mol. The zero-order valence-corrected chi connectivity index (χ0v) is 31.0. The Kier molecular flexibility index (Phi) is 8.42. The molecule has 0 unspecified atom stereocenters. The Morgan fingerprint density at radius 3 is 1.46 bits per heavy atom. The van der Waals surface area contributed by atoms with Crippen LogP contribution in [0.3, 0.4) is 0 Å². The fourth-order valence-electron chi connectivity index (χ4n) is 9.07. The van der Waals surface area contributed by atoms with Crippen LogP contribution in [0.5, 0.6) is 0 Å². The van der Waals surface area contributed by atoms with E-state index in [2.05, 4.69) is 109 Å². The summed E-state index contributed by atoms with van der Waals surface area (Å²) in [5.74, 6) is 1.93. The normalized spacial score (nSPS) is 13.8. The summed E-state index contributed by atoms with van der Waals surface area (Å²) in [6.07, 6.45) is 5.97. The van der Waals surface area contributed by atoms with E-state index in [1.807, 2.05) is 66.7 Å². The lowest BCUT2D eigenvalue weighted by molar-refractivity contribution is 0.353. The van der Waals surface area contributed by atoms with E-state index in [1.54, 1.807) is 0 Å². The molecule has 1 saturated carbocycles. The topological polar surface area (TPSA) is 62.5 Å². The molecule has 0 amide bonds. The first-order valence-corrected chi connectivity index (χ1v) is 19.5. The maximum absolute atomic E-state index is 9.84. The first-order valence-electron chi connectivity index (χ1n) is 19.5. The van der Waals surface area contributed by atoms with Gasteiger partial charge in [-0.05, 0) is 98.8 Å². The highest BCUT2D eigenvalue weighted by atomic mass is 15.0. The van der Waals surface area contributed by atoms with E-state index in [4.69, 9.17) is 15.0 Å². The van der Waals surface area contributed by atoms with Crippen LogP contribution in [-0.4, -0.2) is 15.0 Å². The number of nitriles is 1. The highest BCUT2D eigenvalue weighted by Crippen LogP contribution is 2.58. The van der Waals surface area contributed by atoms with Crippen molar-refractivity contribution in [1.82, 2.24) is 15.0 Å². The zero-order valence-electron chi connectivity index (χ0n) is 31.0. The van der Waals surface area contributed by atoms with Gasteiger partial charge in [0, 0.05) is 22.1 Å². The van der Waals surface area contributed by atoms with Crippen molar-refractivity contribution in [2.75, 3.05) is 0 Å². The molecule has 2 aliphatic carbocycles. The highest BCUT2D eigenvalue weighted by Gasteiger charge is 2.44. The van der Waals surface area contributed by atoms with Gasteiger partial charge < -0.3 is 0 Å². The summed E-state index contributed by atoms with van der Waals surface area (Å²) in [5.41, 5.74) is 16.0. The number of aromatic nitrogens is 3. The molecule has 10 rings (SSSR count). The molecule has 0 N–H and O–H groups in total. The van der Waals surface area contributed by atoms with Crippen molar-refractivity contribution < 1.29 is 0 Å². The maximum Gasteiger partial charge on any atom is 0.164 e. The minimum atomic E-state index is -0.0141. The Hall–Kier alpha value is -6.96. The first kappa shape index (κ1) is 33.6. The van der Waals surface area contributed by atoms with E-state index in [0.29, 0.717) is 17.5 Å². The molecule has 0 aliphatic heterocycles. The van der Waals surface area contributed by atoms with Gasteiger partial charge in [0.1, 0.15) is 0 Å². The SMILES string of the molecule is N#Cc1ccc2c(c1)C1(CCCCC1)c1cccc(-c3cccc(-c4cccc(-c5cccc(-c6nc(-c7ccccc7)nc(-c7ccccc7)n6)c5)c4)c3)c1-2. The minimum absolute atomic E-state index is 0.0141. The fraction of sp³-hybridized carbons (Fsp3) is 0.115. The zero-order chi connectivity index (χ0) is 37.5. The Balaban J connectivity index is 1.02. The van der Waals surface area contributed by atoms with Crippen molar-refractivity contribution in [1.29, 1.82) is 5.26 Å². The largest absolute Gasteiger partial charge is 0.208 e. The molecule has 0 atom stereocenters. The maximum atomic E-state index is 9.84. The van der Waals surface area contributed by atoms with Gasteiger partial charge in [0.2, 0.25) is 0 Å². The second kappa shape index (κ2) is 14.0. The Morgan fingerprint density at radius 1 is 0.393 bits per heavy atom. The van der Waals surface area contributed by atoms with E-state index >= 15 is 0 Å². The van der Waals surface area contributed by atoms with Gasteiger partial charge in [-0.3, -0.25) is 0 Å². The van der Waals surface area contributed by atoms with Gasteiger partial charge in [0.05, 0.1) is 11.6 Å². The molecule has 2 aliphatic rings. The summed E-state index contributed by atoms with van der Waals surface area (Å²) < 4.78 is 0. The van der Waals surface area contributed by atoms with E-state index in [9.17, 15) is 5.26 Å². The summed E-state index contributed by atoms with van der Waals surface area (Å²) in [6, 6.07) is 62.0. The lowest BCUT2D eigenvalue weighted by atomic mass is 9.67. The molecule has 4 nitrogen and oxygen atoms in total. The number of hydrogen-bond donors (Lipinski definition) is 0. The summed E-state index contributed by atoms with van der Waals surface area (Å²) in [6.45, 7) is 0. The number of benzene rings is 7. The summed E-state index contributed by atoms with van der Waals surface area (Å²) in [7, 11) is 0. The Bertz CT molecular complexity index is 2740. The van der Waals surface area contributed by atoms with E-state index < -0.39 is 0 Å². The van der Waals surface area contributed by atoms with Crippen LogP contribution in [-0.2, 0) is 5.41 Å². The second-order valence-corrected chi connectivity index (χ2v) is 15.0. The van der Waals surface area contributed by atoms with Crippen LogP contribution in [0.4, 0.5) is 0 Å². The number of nitrogens with zero attached hydrogens (tertiary/aromatic N) is 4. The molecule has 0 radical (unpaired) electrons. The van der Waals surface area contributed by atoms with Gasteiger partial charge in [-0.15, -0.1) is 0 Å². The van der Waals surface area contributed by atoms with Crippen molar-refractivity contribution in [2.45, 2.75) is 37.5 Å². The van der Waals surface area contributed by atoms with E-state index in [-0.39, 0.29) is 5.41 Å². The van der Waals surface area contributed by atoms with Crippen LogP contribution >= 0.6 is 0 Å². The summed E-state index contributed by atoms with van der Waals surface area (Å²) in [4.78, 5) is 14.8. The van der Waals surface area contributed by atoms with Crippen LogP contribution in [0.25, 0.3) is 78.7 Å². The Morgan fingerprint density at radius 2 is 0.875 bits per heavy atom. The molecule has 4 heteroatoms. The monoisotopic (exact) mass is 718 g/mol. The predicted octanol–water partition coefficient (Wildman–Crippen LogP) is 13.0. The van der Waals surface area contributed by atoms with Gasteiger partial charge in [-0.1, -0.05) is 159 Å². The molecule has 1 fully saturated rings. The smallest absolute Gasteiger partial charge is 0.164 e. The highest BCUT2D eigenvalue weighted by molar-refractivity contribution is 5.94. The Labute approximate surface area is 327 Å². The fourth-order valence-corrected chi connectivity index (χ4v) is 9.07.